The fourth-order valence-electron chi connectivity index (χ4n) is 4.73. The molecule has 0 radical (unpaired) electrons. The third-order valence-electron chi connectivity index (χ3n) is 6.93. The van der Waals surface area contributed by atoms with Gasteiger partial charge in [-0.1, -0.05) is 6.42 Å². The van der Waals surface area contributed by atoms with E-state index in [0.29, 0.717) is 37.4 Å². The van der Waals surface area contributed by atoms with E-state index in [0.717, 1.165) is 57.3 Å². The summed E-state index contributed by atoms with van der Waals surface area (Å²) in [6.07, 6.45) is 6.22. The Bertz CT molecular complexity index is 869. The summed E-state index contributed by atoms with van der Waals surface area (Å²) < 4.78 is 0. The maximum Gasteiger partial charge on any atom is 0.317 e. The molecule has 0 bridgehead atoms. The lowest BCUT2D eigenvalue weighted by molar-refractivity contribution is -0.122. The SMILES string of the molecule is CC(C)NC(=O)N1CCN(c2ccc(NC(=O)C3CCC3)cc2C(=O)N2CCCCC2)CC1. The van der Waals surface area contributed by atoms with Crippen molar-refractivity contribution in [3.05, 3.63) is 23.8 Å². The molecule has 2 saturated heterocycles. The van der Waals surface area contributed by atoms with Gasteiger partial charge in [0.25, 0.3) is 5.91 Å². The molecular weight excluding hydrogens is 418 g/mol. The number of nitrogens with zero attached hydrogens (tertiary/aromatic N) is 3. The van der Waals surface area contributed by atoms with E-state index in [4.69, 9.17) is 0 Å². The van der Waals surface area contributed by atoms with E-state index in [1.165, 1.54) is 0 Å². The highest BCUT2D eigenvalue weighted by Crippen LogP contribution is 2.30. The Kier molecular flexibility index (Phi) is 7.40. The third-order valence-corrected chi connectivity index (χ3v) is 6.93. The molecular formula is C25H37N5O3. The molecule has 1 aromatic carbocycles. The topological polar surface area (TPSA) is 85.0 Å². The van der Waals surface area contributed by atoms with Crippen LogP contribution in [0.5, 0.6) is 0 Å². The number of piperazine rings is 1. The molecule has 2 N–H and O–H groups in total. The van der Waals surface area contributed by atoms with Crippen molar-refractivity contribution in [1.29, 1.82) is 0 Å². The van der Waals surface area contributed by atoms with Gasteiger partial charge in [-0.05, 0) is 64.2 Å². The van der Waals surface area contributed by atoms with Crippen molar-refractivity contribution in [3.63, 3.8) is 0 Å². The number of hydrogen-bond donors (Lipinski definition) is 2. The molecule has 3 fully saturated rings. The van der Waals surface area contributed by atoms with E-state index < -0.39 is 0 Å². The smallest absolute Gasteiger partial charge is 0.317 e. The van der Waals surface area contributed by atoms with Crippen molar-refractivity contribution in [2.24, 2.45) is 5.92 Å². The van der Waals surface area contributed by atoms with Crippen LogP contribution in [-0.2, 0) is 4.79 Å². The summed E-state index contributed by atoms with van der Waals surface area (Å²) in [5, 5.41) is 5.97. The minimum Gasteiger partial charge on any atom is -0.367 e. The van der Waals surface area contributed by atoms with Crippen molar-refractivity contribution < 1.29 is 14.4 Å². The van der Waals surface area contributed by atoms with Gasteiger partial charge < -0.3 is 25.3 Å². The predicted molar refractivity (Wildman–Crippen MR) is 130 cm³/mol. The van der Waals surface area contributed by atoms with Gasteiger partial charge >= 0.3 is 6.03 Å². The zero-order chi connectivity index (χ0) is 23.4. The second-order valence-electron chi connectivity index (χ2n) is 9.78. The van der Waals surface area contributed by atoms with Crippen LogP contribution in [0.3, 0.4) is 0 Å². The van der Waals surface area contributed by atoms with Gasteiger partial charge in [-0.15, -0.1) is 0 Å². The van der Waals surface area contributed by atoms with Gasteiger partial charge in [-0.3, -0.25) is 9.59 Å². The summed E-state index contributed by atoms with van der Waals surface area (Å²) in [5.41, 5.74) is 2.21. The molecule has 0 unspecified atom stereocenters. The normalized spacial score (nSPS) is 19.3. The van der Waals surface area contributed by atoms with Crippen LogP contribution in [0.4, 0.5) is 16.2 Å². The first-order valence-electron chi connectivity index (χ1n) is 12.5. The summed E-state index contributed by atoms with van der Waals surface area (Å²) in [6.45, 7) is 8.02. The monoisotopic (exact) mass is 455 g/mol. The lowest BCUT2D eigenvalue weighted by atomic mass is 9.85. The Hall–Kier alpha value is -2.77. The molecule has 3 aliphatic rings. The number of piperidine rings is 1. The fraction of sp³-hybridized carbons (Fsp3) is 0.640. The molecule has 0 atom stereocenters. The second-order valence-corrected chi connectivity index (χ2v) is 9.78. The van der Waals surface area contributed by atoms with E-state index in [-0.39, 0.29) is 29.8 Å². The number of nitrogens with one attached hydrogen (secondary N) is 2. The van der Waals surface area contributed by atoms with Gasteiger partial charge in [-0.2, -0.15) is 0 Å². The standard InChI is InChI=1S/C25H37N5O3/c1-18(2)26-25(33)30-15-13-28(14-16-30)22-10-9-20(27-23(31)19-7-6-8-19)17-21(22)24(32)29-11-4-3-5-12-29/h9-10,17-19H,3-8,11-16H2,1-2H3,(H,26,33)(H,27,31). The van der Waals surface area contributed by atoms with Crippen LogP contribution < -0.4 is 15.5 Å². The number of carbonyl (C=O) groups is 3. The minimum atomic E-state index is -0.0386. The van der Waals surface area contributed by atoms with E-state index in [2.05, 4.69) is 15.5 Å². The van der Waals surface area contributed by atoms with Crippen LogP contribution in [0.15, 0.2) is 18.2 Å². The summed E-state index contributed by atoms with van der Waals surface area (Å²) in [5.74, 6) is 0.176. The maximum absolute atomic E-state index is 13.5. The highest BCUT2D eigenvalue weighted by molar-refractivity contribution is 6.02. The molecule has 0 aromatic heterocycles. The van der Waals surface area contributed by atoms with Crippen molar-refractivity contribution in [2.75, 3.05) is 49.5 Å². The number of carbonyl (C=O) groups excluding carboxylic acids is 3. The van der Waals surface area contributed by atoms with Gasteiger partial charge in [0.15, 0.2) is 0 Å². The van der Waals surface area contributed by atoms with Gasteiger partial charge in [0.05, 0.1) is 5.56 Å². The van der Waals surface area contributed by atoms with Gasteiger partial charge in [-0.25, -0.2) is 4.79 Å². The number of likely N-dealkylation sites (tertiary alicyclic amines) is 1. The highest BCUT2D eigenvalue weighted by atomic mass is 16.2. The summed E-state index contributed by atoms with van der Waals surface area (Å²) in [7, 11) is 0. The van der Waals surface area contributed by atoms with E-state index >= 15 is 0 Å². The molecule has 4 rings (SSSR count). The Morgan fingerprint density at radius 2 is 1.58 bits per heavy atom. The van der Waals surface area contributed by atoms with Gasteiger partial charge in [0.1, 0.15) is 0 Å². The molecule has 180 valence electrons. The van der Waals surface area contributed by atoms with E-state index in [1.807, 2.05) is 41.8 Å². The van der Waals surface area contributed by atoms with Crippen LogP contribution in [0.1, 0.15) is 62.7 Å². The van der Waals surface area contributed by atoms with Crippen LogP contribution in [0.2, 0.25) is 0 Å². The predicted octanol–water partition coefficient (Wildman–Crippen LogP) is 3.29. The Morgan fingerprint density at radius 1 is 0.879 bits per heavy atom. The largest absolute Gasteiger partial charge is 0.367 e. The van der Waals surface area contributed by atoms with Crippen LogP contribution >= 0.6 is 0 Å². The Balaban J connectivity index is 1.51. The van der Waals surface area contributed by atoms with Crippen molar-refractivity contribution in [2.45, 2.75) is 58.4 Å². The third kappa shape index (κ3) is 5.60. The molecule has 2 heterocycles. The molecule has 8 heteroatoms. The van der Waals surface area contributed by atoms with Gasteiger partial charge in [0.2, 0.25) is 5.91 Å². The van der Waals surface area contributed by atoms with Crippen LogP contribution in [0, 0.1) is 5.92 Å². The number of amides is 4. The summed E-state index contributed by atoms with van der Waals surface area (Å²) in [4.78, 5) is 44.3. The first-order chi connectivity index (χ1) is 15.9. The molecule has 1 saturated carbocycles. The van der Waals surface area contributed by atoms with Crippen LogP contribution in [-0.4, -0.2) is 73.0 Å². The van der Waals surface area contributed by atoms with E-state index in [9.17, 15) is 14.4 Å². The lowest BCUT2D eigenvalue weighted by Gasteiger charge is -2.38. The van der Waals surface area contributed by atoms with Crippen molar-refractivity contribution in [1.82, 2.24) is 15.1 Å². The molecule has 4 amide bonds. The number of rotatable bonds is 5. The Labute approximate surface area is 196 Å². The molecule has 8 nitrogen and oxygen atoms in total. The van der Waals surface area contributed by atoms with Gasteiger partial charge in [0, 0.05) is 62.6 Å². The lowest BCUT2D eigenvalue weighted by Crippen LogP contribution is -2.53. The zero-order valence-corrected chi connectivity index (χ0v) is 19.9. The summed E-state index contributed by atoms with van der Waals surface area (Å²) >= 11 is 0. The molecule has 2 aliphatic heterocycles. The first-order valence-corrected chi connectivity index (χ1v) is 12.5. The Morgan fingerprint density at radius 3 is 2.18 bits per heavy atom. The van der Waals surface area contributed by atoms with Crippen molar-refractivity contribution >= 4 is 29.2 Å². The minimum absolute atomic E-state index is 0.0319. The molecule has 1 aliphatic carbocycles. The highest BCUT2D eigenvalue weighted by Gasteiger charge is 2.29. The quantitative estimate of drug-likeness (QED) is 0.714. The molecule has 33 heavy (non-hydrogen) atoms. The number of hydrogen-bond acceptors (Lipinski definition) is 4. The number of benzene rings is 1. The first kappa shape index (κ1) is 23.4. The number of urea groups is 1. The van der Waals surface area contributed by atoms with E-state index in [1.54, 1.807) is 0 Å². The maximum atomic E-state index is 13.5. The zero-order valence-electron chi connectivity index (χ0n) is 19.9. The fourth-order valence-corrected chi connectivity index (χ4v) is 4.73. The average Bonchev–Trinajstić information content (AvgIpc) is 2.77. The average molecular weight is 456 g/mol. The second kappa shape index (κ2) is 10.4. The number of anilines is 2. The molecule has 1 aromatic rings. The van der Waals surface area contributed by atoms with Crippen molar-refractivity contribution in [3.8, 4) is 0 Å². The molecule has 0 spiro atoms. The summed E-state index contributed by atoms with van der Waals surface area (Å²) in [6, 6.07) is 5.77. The van der Waals surface area contributed by atoms with Crippen LogP contribution in [0.25, 0.3) is 0 Å².